The van der Waals surface area contributed by atoms with Crippen molar-refractivity contribution >= 4 is 17.4 Å². The summed E-state index contributed by atoms with van der Waals surface area (Å²) in [5.74, 6) is -0.310. The summed E-state index contributed by atoms with van der Waals surface area (Å²) in [6.07, 6.45) is 3.20. The third kappa shape index (κ3) is 2.85. The Morgan fingerprint density at radius 3 is 2.65 bits per heavy atom. The molecule has 0 amide bonds. The van der Waals surface area contributed by atoms with Crippen LogP contribution in [0.2, 0.25) is 5.02 Å². The van der Waals surface area contributed by atoms with Gasteiger partial charge in [0.2, 0.25) is 0 Å². The number of aromatic nitrogens is 2. The predicted octanol–water partition coefficient (Wildman–Crippen LogP) is 2.69. The molecule has 0 saturated heterocycles. The lowest BCUT2D eigenvalue weighted by atomic mass is 10.1. The van der Waals surface area contributed by atoms with Crippen LogP contribution in [-0.4, -0.2) is 15.8 Å². The number of carbonyl (C=O) groups excluding carboxylic acids is 1. The van der Waals surface area contributed by atoms with Crippen molar-refractivity contribution in [2.45, 2.75) is 6.42 Å². The Hall–Kier alpha value is -1.81. The van der Waals surface area contributed by atoms with Gasteiger partial charge in [-0.3, -0.25) is 4.79 Å². The molecule has 0 unspecified atom stereocenters. The number of hydrogen-bond donors (Lipinski definition) is 0. The number of ketones is 1. The molecule has 0 bridgehead atoms. The van der Waals surface area contributed by atoms with Crippen molar-refractivity contribution < 1.29 is 9.18 Å². The van der Waals surface area contributed by atoms with E-state index in [2.05, 4.69) is 9.97 Å². The highest BCUT2D eigenvalue weighted by atomic mass is 35.5. The largest absolute Gasteiger partial charge is 0.294 e. The van der Waals surface area contributed by atoms with Crippen LogP contribution in [0.25, 0.3) is 0 Å². The summed E-state index contributed by atoms with van der Waals surface area (Å²) >= 11 is 5.60. The van der Waals surface area contributed by atoms with Crippen molar-refractivity contribution in [2.75, 3.05) is 0 Å². The maximum absolute atomic E-state index is 12.9. The minimum atomic E-state index is -0.542. The van der Waals surface area contributed by atoms with Crippen molar-refractivity contribution in [3.8, 4) is 0 Å². The molecule has 0 radical (unpaired) electrons. The van der Waals surface area contributed by atoms with Crippen molar-refractivity contribution in [1.29, 1.82) is 0 Å². The molecule has 1 heterocycles. The summed E-state index contributed by atoms with van der Waals surface area (Å²) in [5.41, 5.74) is 0.351. The van der Waals surface area contributed by atoms with E-state index in [0.29, 0.717) is 11.4 Å². The van der Waals surface area contributed by atoms with E-state index >= 15 is 0 Å². The molecule has 1 aromatic carbocycles. The smallest absolute Gasteiger partial charge is 0.170 e. The average Bonchev–Trinajstić information content (AvgIpc) is 2.34. The maximum Gasteiger partial charge on any atom is 0.170 e. The van der Waals surface area contributed by atoms with Crippen LogP contribution in [0.4, 0.5) is 4.39 Å². The standard InChI is InChI=1S/C12H8ClFN2O/c13-9-6-8(2-3-10(9)14)11(17)7-12-15-4-1-5-16-12/h1-6H,7H2. The summed E-state index contributed by atoms with van der Waals surface area (Å²) in [6.45, 7) is 0. The lowest BCUT2D eigenvalue weighted by Crippen LogP contribution is -2.06. The molecule has 2 aromatic rings. The summed E-state index contributed by atoms with van der Waals surface area (Å²) in [4.78, 5) is 19.7. The first-order valence-electron chi connectivity index (χ1n) is 4.91. The third-order valence-electron chi connectivity index (χ3n) is 2.18. The lowest BCUT2D eigenvalue weighted by molar-refractivity contribution is 0.0990. The van der Waals surface area contributed by atoms with E-state index in [9.17, 15) is 9.18 Å². The van der Waals surface area contributed by atoms with Gasteiger partial charge in [0, 0.05) is 18.0 Å². The number of halogens is 2. The van der Waals surface area contributed by atoms with Crippen LogP contribution in [-0.2, 0) is 6.42 Å². The van der Waals surface area contributed by atoms with Crippen molar-refractivity contribution in [3.63, 3.8) is 0 Å². The van der Waals surface area contributed by atoms with Crippen molar-refractivity contribution in [1.82, 2.24) is 9.97 Å². The number of carbonyl (C=O) groups is 1. The highest BCUT2D eigenvalue weighted by Crippen LogP contribution is 2.17. The summed E-state index contributed by atoms with van der Waals surface area (Å²) in [5, 5.41) is -0.0650. The molecule has 86 valence electrons. The highest BCUT2D eigenvalue weighted by molar-refractivity contribution is 6.31. The second-order valence-corrected chi connectivity index (χ2v) is 3.80. The predicted molar refractivity (Wildman–Crippen MR) is 61.5 cm³/mol. The van der Waals surface area contributed by atoms with Gasteiger partial charge >= 0.3 is 0 Å². The quantitative estimate of drug-likeness (QED) is 0.787. The SMILES string of the molecule is O=C(Cc1ncccn1)c1ccc(F)c(Cl)c1. The molecule has 0 fully saturated rings. The molecular weight excluding hydrogens is 243 g/mol. The highest BCUT2D eigenvalue weighted by Gasteiger charge is 2.10. The average molecular weight is 251 g/mol. The van der Waals surface area contributed by atoms with Gasteiger partial charge in [-0.25, -0.2) is 14.4 Å². The topological polar surface area (TPSA) is 42.9 Å². The summed E-state index contributed by atoms with van der Waals surface area (Å²) in [6, 6.07) is 5.54. The van der Waals surface area contributed by atoms with Gasteiger partial charge in [0.05, 0.1) is 11.4 Å². The van der Waals surface area contributed by atoms with E-state index < -0.39 is 5.82 Å². The van der Waals surface area contributed by atoms with E-state index in [0.717, 1.165) is 0 Å². The fraction of sp³-hybridized carbons (Fsp3) is 0.0833. The van der Waals surface area contributed by atoms with Crippen LogP contribution in [0.3, 0.4) is 0 Å². The third-order valence-corrected chi connectivity index (χ3v) is 2.47. The normalized spacial score (nSPS) is 10.2. The van der Waals surface area contributed by atoms with Gasteiger partial charge in [-0.2, -0.15) is 0 Å². The first-order valence-corrected chi connectivity index (χ1v) is 5.29. The van der Waals surface area contributed by atoms with Crippen LogP contribution >= 0.6 is 11.6 Å². The van der Waals surface area contributed by atoms with Gasteiger partial charge in [0.15, 0.2) is 5.78 Å². The molecule has 0 aliphatic carbocycles. The molecule has 0 spiro atoms. The Labute approximate surface area is 102 Å². The van der Waals surface area contributed by atoms with Crippen LogP contribution in [0.1, 0.15) is 16.2 Å². The van der Waals surface area contributed by atoms with Gasteiger partial charge in [-0.15, -0.1) is 0 Å². The number of benzene rings is 1. The van der Waals surface area contributed by atoms with Gasteiger partial charge < -0.3 is 0 Å². The fourth-order valence-corrected chi connectivity index (χ4v) is 1.52. The van der Waals surface area contributed by atoms with E-state index in [1.165, 1.54) is 18.2 Å². The molecule has 17 heavy (non-hydrogen) atoms. The van der Waals surface area contributed by atoms with Gasteiger partial charge in [0.25, 0.3) is 0 Å². The Bertz CT molecular complexity index is 545. The molecular formula is C12H8ClFN2O. The Morgan fingerprint density at radius 2 is 2.00 bits per heavy atom. The van der Waals surface area contributed by atoms with Crippen LogP contribution in [0.5, 0.6) is 0 Å². The molecule has 0 N–H and O–H groups in total. The van der Waals surface area contributed by atoms with E-state index in [1.54, 1.807) is 18.5 Å². The summed E-state index contributed by atoms with van der Waals surface area (Å²) in [7, 11) is 0. The number of nitrogens with zero attached hydrogens (tertiary/aromatic N) is 2. The van der Waals surface area contributed by atoms with Gasteiger partial charge in [-0.1, -0.05) is 11.6 Å². The van der Waals surface area contributed by atoms with Crippen molar-refractivity contribution in [3.05, 3.63) is 58.9 Å². The lowest BCUT2D eigenvalue weighted by Gasteiger charge is -2.01. The van der Waals surface area contributed by atoms with E-state index in [1.807, 2.05) is 0 Å². The number of Topliss-reactive ketones (excluding diaryl/α,β-unsaturated/α-hetero) is 1. The Kier molecular flexibility index (Phi) is 3.44. The Morgan fingerprint density at radius 1 is 1.29 bits per heavy atom. The molecule has 0 atom stereocenters. The van der Waals surface area contributed by atoms with Crippen LogP contribution in [0, 0.1) is 5.82 Å². The zero-order chi connectivity index (χ0) is 12.3. The number of hydrogen-bond acceptors (Lipinski definition) is 3. The molecule has 1 aromatic heterocycles. The van der Waals surface area contributed by atoms with Crippen LogP contribution < -0.4 is 0 Å². The van der Waals surface area contributed by atoms with E-state index in [-0.39, 0.29) is 17.2 Å². The maximum atomic E-state index is 12.9. The van der Waals surface area contributed by atoms with Gasteiger partial charge in [0.1, 0.15) is 11.6 Å². The zero-order valence-corrected chi connectivity index (χ0v) is 9.49. The first-order chi connectivity index (χ1) is 8.16. The minimum Gasteiger partial charge on any atom is -0.294 e. The monoisotopic (exact) mass is 250 g/mol. The molecule has 0 aliphatic rings. The van der Waals surface area contributed by atoms with Crippen molar-refractivity contribution in [2.24, 2.45) is 0 Å². The number of rotatable bonds is 3. The second kappa shape index (κ2) is 5.01. The molecule has 5 heteroatoms. The molecule has 0 aliphatic heterocycles. The minimum absolute atomic E-state index is 0.0650. The first kappa shape index (κ1) is 11.7. The van der Waals surface area contributed by atoms with E-state index in [4.69, 9.17) is 11.6 Å². The molecule has 3 nitrogen and oxygen atoms in total. The van der Waals surface area contributed by atoms with Crippen LogP contribution in [0.15, 0.2) is 36.7 Å². The summed E-state index contributed by atoms with van der Waals surface area (Å²) < 4.78 is 12.9. The molecule has 2 rings (SSSR count). The molecule has 0 saturated carbocycles. The van der Waals surface area contributed by atoms with Gasteiger partial charge in [-0.05, 0) is 24.3 Å². The Balaban J connectivity index is 2.18. The fourth-order valence-electron chi connectivity index (χ4n) is 1.34. The zero-order valence-electron chi connectivity index (χ0n) is 8.73. The second-order valence-electron chi connectivity index (χ2n) is 3.39.